The molecule has 0 aromatic heterocycles. The van der Waals surface area contributed by atoms with E-state index in [0.29, 0.717) is 12.0 Å². The van der Waals surface area contributed by atoms with Crippen molar-refractivity contribution in [2.24, 2.45) is 0 Å². The molecule has 3 rings (SSSR count). The molecule has 1 aliphatic rings. The Balaban J connectivity index is 2.11. The minimum Gasteiger partial charge on any atom is -0.507 e. The molecule has 0 heterocycles. The van der Waals surface area contributed by atoms with Gasteiger partial charge in [0.1, 0.15) is 11.5 Å². The predicted octanol–water partition coefficient (Wildman–Crippen LogP) is 3.59. The average Bonchev–Trinajstić information content (AvgIpc) is 2.54. The molecule has 0 bridgehead atoms. The standard InChI is InChI=1S/C18H15BrO4/c19-9-2-1-4-10-7-8-12-15(16(10)21)18(23)14-11(17(12)22)5-3-6-13(14)20/h3,5-8,20-21H,1-2,4,9H2. The summed E-state index contributed by atoms with van der Waals surface area (Å²) in [5.41, 5.74) is 0.978. The molecular weight excluding hydrogens is 360 g/mol. The number of ketones is 2. The van der Waals surface area contributed by atoms with Crippen molar-refractivity contribution in [3.63, 3.8) is 0 Å². The average molecular weight is 375 g/mol. The maximum absolute atomic E-state index is 12.7. The van der Waals surface area contributed by atoms with Crippen LogP contribution >= 0.6 is 15.9 Å². The third kappa shape index (κ3) is 2.55. The van der Waals surface area contributed by atoms with Gasteiger partial charge < -0.3 is 10.2 Å². The van der Waals surface area contributed by atoms with Gasteiger partial charge in [-0.15, -0.1) is 0 Å². The van der Waals surface area contributed by atoms with Gasteiger partial charge in [0, 0.05) is 16.5 Å². The molecule has 23 heavy (non-hydrogen) atoms. The van der Waals surface area contributed by atoms with Crippen molar-refractivity contribution in [2.45, 2.75) is 19.3 Å². The SMILES string of the molecule is O=C1c2cccc(O)c2C(=O)c2c1ccc(CCCCBr)c2O. The van der Waals surface area contributed by atoms with E-state index in [2.05, 4.69) is 15.9 Å². The maximum atomic E-state index is 12.7. The minimum atomic E-state index is -0.507. The van der Waals surface area contributed by atoms with E-state index in [-0.39, 0.29) is 39.5 Å². The second-order valence-corrected chi connectivity index (χ2v) is 6.29. The number of hydrogen-bond acceptors (Lipinski definition) is 4. The van der Waals surface area contributed by atoms with Gasteiger partial charge in [-0.2, -0.15) is 0 Å². The Hall–Kier alpha value is -2.14. The van der Waals surface area contributed by atoms with Gasteiger partial charge >= 0.3 is 0 Å². The van der Waals surface area contributed by atoms with E-state index in [1.165, 1.54) is 18.2 Å². The van der Waals surface area contributed by atoms with Crippen molar-refractivity contribution in [1.82, 2.24) is 0 Å². The van der Waals surface area contributed by atoms with E-state index in [1.54, 1.807) is 12.1 Å². The topological polar surface area (TPSA) is 74.6 Å². The summed E-state index contributed by atoms with van der Waals surface area (Å²) in [4.78, 5) is 25.2. The Morgan fingerprint density at radius 3 is 2.35 bits per heavy atom. The number of rotatable bonds is 4. The summed E-state index contributed by atoms with van der Waals surface area (Å²) in [5, 5.41) is 21.3. The van der Waals surface area contributed by atoms with E-state index in [9.17, 15) is 19.8 Å². The lowest BCUT2D eigenvalue weighted by Crippen LogP contribution is -2.21. The number of aromatic hydroxyl groups is 2. The van der Waals surface area contributed by atoms with Crippen LogP contribution in [0.15, 0.2) is 30.3 Å². The number of alkyl halides is 1. The number of carbonyl (C=O) groups excluding carboxylic acids is 2. The zero-order chi connectivity index (χ0) is 16.6. The molecule has 4 nitrogen and oxygen atoms in total. The molecule has 0 amide bonds. The van der Waals surface area contributed by atoms with Crippen LogP contribution in [-0.2, 0) is 6.42 Å². The number of hydrogen-bond donors (Lipinski definition) is 2. The molecule has 0 fully saturated rings. The van der Waals surface area contributed by atoms with Gasteiger partial charge in [0.05, 0.1) is 11.1 Å². The maximum Gasteiger partial charge on any atom is 0.201 e. The first-order chi connectivity index (χ1) is 11.1. The van der Waals surface area contributed by atoms with Crippen LogP contribution in [0.25, 0.3) is 0 Å². The zero-order valence-electron chi connectivity index (χ0n) is 12.3. The van der Waals surface area contributed by atoms with Crippen LogP contribution in [0.3, 0.4) is 0 Å². The zero-order valence-corrected chi connectivity index (χ0v) is 13.9. The van der Waals surface area contributed by atoms with Gasteiger partial charge in [0.2, 0.25) is 5.78 Å². The van der Waals surface area contributed by atoms with Crippen LogP contribution in [-0.4, -0.2) is 27.1 Å². The summed E-state index contributed by atoms with van der Waals surface area (Å²) in [6, 6.07) is 7.69. The van der Waals surface area contributed by atoms with Crippen LogP contribution in [0.1, 0.15) is 50.2 Å². The van der Waals surface area contributed by atoms with Crippen molar-refractivity contribution >= 4 is 27.5 Å². The number of aryl methyl sites for hydroxylation is 1. The van der Waals surface area contributed by atoms with Crippen LogP contribution in [0.2, 0.25) is 0 Å². The Bertz CT molecular complexity index is 811. The molecule has 2 aromatic carbocycles. The van der Waals surface area contributed by atoms with Crippen LogP contribution in [0.4, 0.5) is 0 Å². The Morgan fingerprint density at radius 2 is 1.61 bits per heavy atom. The smallest absolute Gasteiger partial charge is 0.201 e. The van der Waals surface area contributed by atoms with Gasteiger partial charge in [0.15, 0.2) is 5.78 Å². The molecule has 1 aliphatic carbocycles. The lowest BCUT2D eigenvalue weighted by Gasteiger charge is -2.20. The van der Waals surface area contributed by atoms with Crippen molar-refractivity contribution in [2.75, 3.05) is 5.33 Å². The quantitative estimate of drug-likeness (QED) is 0.540. The highest BCUT2D eigenvalue weighted by molar-refractivity contribution is 9.09. The van der Waals surface area contributed by atoms with E-state index < -0.39 is 5.78 Å². The largest absolute Gasteiger partial charge is 0.507 e. The van der Waals surface area contributed by atoms with Crippen LogP contribution in [0.5, 0.6) is 11.5 Å². The molecular formula is C18H15BrO4. The normalized spacial score (nSPS) is 12.9. The van der Waals surface area contributed by atoms with Crippen molar-refractivity contribution in [3.8, 4) is 11.5 Å². The molecule has 0 saturated heterocycles. The fourth-order valence-electron chi connectivity index (χ4n) is 2.90. The highest BCUT2D eigenvalue weighted by Gasteiger charge is 2.34. The third-order valence-corrected chi connectivity index (χ3v) is 4.64. The molecule has 2 aromatic rings. The summed E-state index contributed by atoms with van der Waals surface area (Å²) in [7, 11) is 0. The Morgan fingerprint density at radius 1 is 0.870 bits per heavy atom. The molecule has 118 valence electrons. The highest BCUT2D eigenvalue weighted by atomic mass is 79.9. The molecule has 0 aliphatic heterocycles. The number of benzene rings is 2. The molecule has 5 heteroatoms. The number of carbonyl (C=O) groups is 2. The molecule has 0 saturated carbocycles. The number of fused-ring (bicyclic) bond motifs is 2. The Kier molecular flexibility index (Phi) is 4.22. The van der Waals surface area contributed by atoms with Gasteiger partial charge in [-0.25, -0.2) is 0 Å². The van der Waals surface area contributed by atoms with Gasteiger partial charge in [-0.3, -0.25) is 9.59 Å². The molecule has 0 spiro atoms. The fourth-order valence-corrected chi connectivity index (χ4v) is 3.30. The molecule has 0 radical (unpaired) electrons. The summed E-state index contributed by atoms with van der Waals surface area (Å²) >= 11 is 3.36. The number of unbranched alkanes of at least 4 members (excludes halogenated alkanes) is 1. The van der Waals surface area contributed by atoms with Crippen molar-refractivity contribution < 1.29 is 19.8 Å². The lowest BCUT2D eigenvalue weighted by atomic mass is 9.82. The summed E-state index contributed by atoms with van der Waals surface area (Å²) in [5.74, 6) is -1.25. The van der Waals surface area contributed by atoms with Crippen LogP contribution in [0, 0.1) is 0 Å². The van der Waals surface area contributed by atoms with Gasteiger partial charge in [-0.05, 0) is 37.0 Å². The predicted molar refractivity (Wildman–Crippen MR) is 89.8 cm³/mol. The summed E-state index contributed by atoms with van der Waals surface area (Å²) < 4.78 is 0. The number of phenols is 2. The first kappa shape index (κ1) is 15.7. The number of halogens is 1. The fraction of sp³-hybridized carbons (Fsp3) is 0.222. The van der Waals surface area contributed by atoms with Crippen LogP contribution < -0.4 is 0 Å². The van der Waals surface area contributed by atoms with E-state index >= 15 is 0 Å². The molecule has 0 unspecified atom stereocenters. The van der Waals surface area contributed by atoms with Crippen molar-refractivity contribution in [1.29, 1.82) is 0 Å². The highest BCUT2D eigenvalue weighted by Crippen LogP contribution is 2.38. The van der Waals surface area contributed by atoms with E-state index in [0.717, 1.165) is 18.2 Å². The molecule has 0 atom stereocenters. The number of phenolic OH excluding ortho intramolecular Hbond substituents is 2. The second-order valence-electron chi connectivity index (χ2n) is 5.50. The van der Waals surface area contributed by atoms with E-state index in [4.69, 9.17) is 0 Å². The van der Waals surface area contributed by atoms with Crippen molar-refractivity contribution in [3.05, 3.63) is 58.1 Å². The first-order valence-electron chi connectivity index (χ1n) is 7.38. The molecule has 2 N–H and O–H groups in total. The summed E-state index contributed by atoms with van der Waals surface area (Å²) in [6.07, 6.45) is 2.44. The Labute approximate surface area is 141 Å². The summed E-state index contributed by atoms with van der Waals surface area (Å²) in [6.45, 7) is 0. The second kappa shape index (κ2) is 6.16. The lowest BCUT2D eigenvalue weighted by molar-refractivity contribution is 0.0974. The van der Waals surface area contributed by atoms with Gasteiger partial charge in [0.25, 0.3) is 0 Å². The first-order valence-corrected chi connectivity index (χ1v) is 8.50. The third-order valence-electron chi connectivity index (χ3n) is 4.08. The minimum absolute atomic E-state index is 0.000317. The van der Waals surface area contributed by atoms with Gasteiger partial charge in [-0.1, -0.05) is 34.1 Å². The monoisotopic (exact) mass is 374 g/mol. The van der Waals surface area contributed by atoms with E-state index in [1.807, 2.05) is 0 Å².